The quantitative estimate of drug-likeness (QED) is 0.377. The zero-order valence-corrected chi connectivity index (χ0v) is 7.65. The molecular weight excluding hydrogens is 218 g/mol. The molecule has 0 rings (SSSR count). The Bertz CT molecular complexity index is 196. The summed E-state index contributed by atoms with van der Waals surface area (Å²) < 4.78 is -2.01. The van der Waals surface area contributed by atoms with E-state index in [9.17, 15) is 4.79 Å². The van der Waals surface area contributed by atoms with Crippen LogP contribution in [-0.2, 0) is 4.79 Å². The molecular formula is C5H2Cl4O. The Hall–Kier alpha value is 0.350. The molecule has 10 heavy (non-hydrogen) atoms. The first-order valence-electron chi connectivity index (χ1n) is 2.06. The topological polar surface area (TPSA) is 17.1 Å². The first-order valence-corrected chi connectivity index (χ1v) is 3.58. The van der Waals surface area contributed by atoms with E-state index in [1.165, 1.54) is 0 Å². The molecule has 0 aliphatic rings. The van der Waals surface area contributed by atoms with Crippen molar-refractivity contribution >= 4 is 52.2 Å². The molecule has 0 saturated heterocycles. The molecule has 0 aromatic heterocycles. The van der Waals surface area contributed by atoms with Gasteiger partial charge in [-0.1, -0.05) is 53.0 Å². The Morgan fingerprint density at radius 1 is 1.40 bits per heavy atom. The van der Waals surface area contributed by atoms with Crippen LogP contribution in [-0.4, -0.2) is 9.58 Å². The second kappa shape index (κ2) is 3.66. The third kappa shape index (κ3) is 2.96. The van der Waals surface area contributed by atoms with E-state index < -0.39 is 9.58 Å². The van der Waals surface area contributed by atoms with Crippen LogP contribution in [0.25, 0.3) is 0 Å². The Morgan fingerprint density at radius 2 is 1.80 bits per heavy atom. The van der Waals surface area contributed by atoms with Gasteiger partial charge in [0.05, 0.1) is 0 Å². The van der Waals surface area contributed by atoms with Crippen molar-refractivity contribution in [1.29, 1.82) is 0 Å². The molecule has 0 aliphatic carbocycles. The molecule has 0 heterocycles. The summed E-state index contributed by atoms with van der Waals surface area (Å²) in [5.41, 5.74) is 2.10. The van der Waals surface area contributed by atoms with Crippen molar-refractivity contribution in [1.82, 2.24) is 0 Å². The van der Waals surface area contributed by atoms with Gasteiger partial charge in [-0.2, -0.15) is 0 Å². The summed E-state index contributed by atoms with van der Waals surface area (Å²) in [5.74, 6) is -0.825. The van der Waals surface area contributed by atoms with Crippen LogP contribution in [0.15, 0.2) is 17.3 Å². The number of halogens is 4. The standard InChI is InChI=1S/C5H2Cl4O/c1-2-3(6)4(10)5(7,8)9/h1H2. The lowest BCUT2D eigenvalue weighted by molar-refractivity contribution is -0.114. The second-order valence-corrected chi connectivity index (χ2v) is 3.98. The van der Waals surface area contributed by atoms with E-state index in [4.69, 9.17) is 46.4 Å². The van der Waals surface area contributed by atoms with Gasteiger partial charge in [0, 0.05) is 0 Å². The minimum Gasteiger partial charge on any atom is -0.288 e. The average molecular weight is 220 g/mol. The third-order valence-electron chi connectivity index (χ3n) is 0.612. The molecule has 0 atom stereocenters. The minimum atomic E-state index is -2.01. The predicted octanol–water partition coefficient (Wildman–Crippen LogP) is 2.83. The highest BCUT2D eigenvalue weighted by atomic mass is 35.6. The summed E-state index contributed by atoms with van der Waals surface area (Å²) in [5, 5.41) is -0.306. The van der Waals surface area contributed by atoms with Crippen molar-refractivity contribution in [3.05, 3.63) is 17.3 Å². The van der Waals surface area contributed by atoms with Crippen LogP contribution in [0.5, 0.6) is 0 Å². The summed E-state index contributed by atoms with van der Waals surface area (Å²) in [6.45, 7) is 3.10. The lowest BCUT2D eigenvalue weighted by Crippen LogP contribution is -2.18. The van der Waals surface area contributed by atoms with E-state index in [0.29, 0.717) is 0 Å². The maximum absolute atomic E-state index is 10.7. The van der Waals surface area contributed by atoms with Crippen molar-refractivity contribution in [2.75, 3.05) is 0 Å². The van der Waals surface area contributed by atoms with Crippen LogP contribution >= 0.6 is 46.4 Å². The number of carbonyl (C=O) groups is 1. The first kappa shape index (κ1) is 10.3. The van der Waals surface area contributed by atoms with Crippen molar-refractivity contribution in [3.63, 3.8) is 0 Å². The van der Waals surface area contributed by atoms with Crippen molar-refractivity contribution in [3.8, 4) is 0 Å². The van der Waals surface area contributed by atoms with Crippen LogP contribution in [0.3, 0.4) is 0 Å². The number of carbonyl (C=O) groups excluding carboxylic acids is 1. The van der Waals surface area contributed by atoms with Gasteiger partial charge in [-0.3, -0.25) is 4.79 Å². The fourth-order valence-corrected chi connectivity index (χ4v) is 0.775. The van der Waals surface area contributed by atoms with E-state index in [1.54, 1.807) is 0 Å². The minimum absolute atomic E-state index is 0.306. The summed E-state index contributed by atoms with van der Waals surface area (Å²) >= 11 is 20.7. The summed E-state index contributed by atoms with van der Waals surface area (Å²) in [7, 11) is 0. The second-order valence-electron chi connectivity index (χ2n) is 1.32. The molecule has 0 aromatic carbocycles. The maximum Gasteiger partial charge on any atom is 0.255 e. The third-order valence-corrected chi connectivity index (χ3v) is 1.43. The van der Waals surface area contributed by atoms with Gasteiger partial charge in [0.25, 0.3) is 3.79 Å². The smallest absolute Gasteiger partial charge is 0.255 e. The van der Waals surface area contributed by atoms with E-state index >= 15 is 0 Å². The zero-order chi connectivity index (χ0) is 8.36. The SMILES string of the molecule is C=C=C(Cl)C(=O)C(Cl)(Cl)Cl. The number of hydrogen-bond acceptors (Lipinski definition) is 1. The highest BCUT2D eigenvalue weighted by Crippen LogP contribution is 2.30. The number of hydrogen-bond donors (Lipinski definition) is 0. The summed E-state index contributed by atoms with van der Waals surface area (Å²) in [6.07, 6.45) is 0. The Kier molecular flexibility index (Phi) is 3.79. The van der Waals surface area contributed by atoms with E-state index in [-0.39, 0.29) is 5.03 Å². The molecule has 0 spiro atoms. The lowest BCUT2D eigenvalue weighted by atomic mass is 10.4. The Balaban J connectivity index is 4.55. The highest BCUT2D eigenvalue weighted by Gasteiger charge is 2.32. The van der Waals surface area contributed by atoms with Gasteiger partial charge in [-0.15, -0.1) is 5.73 Å². The lowest BCUT2D eigenvalue weighted by Gasteiger charge is -2.05. The zero-order valence-electron chi connectivity index (χ0n) is 4.63. The van der Waals surface area contributed by atoms with Crippen LogP contribution in [0.2, 0.25) is 0 Å². The molecule has 0 aromatic rings. The molecule has 0 bridgehead atoms. The van der Waals surface area contributed by atoms with E-state index in [2.05, 4.69) is 12.3 Å². The largest absolute Gasteiger partial charge is 0.288 e. The van der Waals surface area contributed by atoms with Gasteiger partial charge in [-0.25, -0.2) is 0 Å². The predicted molar refractivity (Wildman–Crippen MR) is 43.8 cm³/mol. The highest BCUT2D eigenvalue weighted by molar-refractivity contribution is 6.79. The van der Waals surface area contributed by atoms with Crippen LogP contribution < -0.4 is 0 Å². The molecule has 0 radical (unpaired) electrons. The normalized spacial score (nSPS) is 10.4. The summed E-state index contributed by atoms with van der Waals surface area (Å²) in [4.78, 5) is 10.7. The molecule has 56 valence electrons. The number of Topliss-reactive ketones (excluding diaryl/α,β-unsaturated/α-hetero) is 1. The van der Waals surface area contributed by atoms with Gasteiger partial charge in [0.2, 0.25) is 5.78 Å². The fourth-order valence-electron chi connectivity index (χ4n) is 0.205. The Morgan fingerprint density at radius 3 is 1.90 bits per heavy atom. The van der Waals surface area contributed by atoms with Gasteiger partial charge in [0.15, 0.2) is 0 Å². The Labute approximate surface area is 78.2 Å². The van der Waals surface area contributed by atoms with Crippen molar-refractivity contribution in [2.45, 2.75) is 3.79 Å². The maximum atomic E-state index is 10.7. The molecule has 1 nitrogen and oxygen atoms in total. The molecule has 0 aliphatic heterocycles. The number of rotatable bonds is 1. The van der Waals surface area contributed by atoms with Crippen molar-refractivity contribution in [2.24, 2.45) is 0 Å². The van der Waals surface area contributed by atoms with Gasteiger partial charge in [0.1, 0.15) is 5.03 Å². The van der Waals surface area contributed by atoms with Crippen molar-refractivity contribution < 1.29 is 4.79 Å². The van der Waals surface area contributed by atoms with Crippen LogP contribution in [0.4, 0.5) is 0 Å². The van der Waals surface area contributed by atoms with Crippen LogP contribution in [0, 0.1) is 0 Å². The van der Waals surface area contributed by atoms with E-state index in [1.807, 2.05) is 0 Å². The van der Waals surface area contributed by atoms with Gasteiger partial charge >= 0.3 is 0 Å². The number of alkyl halides is 3. The molecule has 5 heteroatoms. The van der Waals surface area contributed by atoms with Gasteiger partial charge in [-0.05, 0) is 0 Å². The molecule has 0 amide bonds. The van der Waals surface area contributed by atoms with Crippen LogP contribution in [0.1, 0.15) is 0 Å². The molecule has 0 saturated carbocycles. The number of allylic oxidation sites excluding steroid dienone is 1. The first-order chi connectivity index (χ1) is 4.39. The average Bonchev–Trinajstić information content (AvgIpc) is 1.83. The van der Waals surface area contributed by atoms with Gasteiger partial charge < -0.3 is 0 Å². The molecule has 0 N–H and O–H groups in total. The number of ketones is 1. The molecule has 0 unspecified atom stereocenters. The fraction of sp³-hybridized carbons (Fsp3) is 0.200. The monoisotopic (exact) mass is 218 g/mol. The molecule has 0 fully saturated rings. The summed E-state index contributed by atoms with van der Waals surface area (Å²) in [6, 6.07) is 0. The van der Waals surface area contributed by atoms with E-state index in [0.717, 1.165) is 0 Å².